The summed E-state index contributed by atoms with van der Waals surface area (Å²) in [6, 6.07) is 10.8. The number of carbonyl (C=O) groups excluding carboxylic acids is 2. The molecule has 0 spiro atoms. The summed E-state index contributed by atoms with van der Waals surface area (Å²) in [5.41, 5.74) is 4.76. The van der Waals surface area contributed by atoms with Crippen LogP contribution in [-0.4, -0.2) is 38.3 Å². The van der Waals surface area contributed by atoms with Crippen molar-refractivity contribution in [2.75, 3.05) is 5.73 Å². The standard InChI is InChI=1S/C14H10N2O6.C7H7NO3.2Na/c17-11-3-1-7(5-9(11)13(19)20)15-16-8-2-4-12(18)10(6-8)14(21)22;8-4-1-2-6(9)5(3-4)7(10)11;;/h1-6,17-18H,(H,19,20)(H,21,22);1-3,9H,8H2,(H,10,11);;/q;;2*+1/p-2/b16-15+;;;. The molecule has 0 radical (unpaired) electrons. The minimum Gasteiger partial charge on any atom is -0.545 e. The molecule has 0 aliphatic heterocycles. The van der Waals surface area contributed by atoms with Crippen molar-refractivity contribution >= 4 is 35.0 Å². The molecule has 0 aliphatic rings. The van der Waals surface area contributed by atoms with Crippen LogP contribution in [-0.2, 0) is 0 Å². The molecule has 0 unspecified atom stereocenters. The van der Waals surface area contributed by atoms with Crippen molar-refractivity contribution in [2.45, 2.75) is 0 Å². The molecule has 0 atom stereocenters. The van der Waals surface area contributed by atoms with Crippen molar-refractivity contribution in [1.82, 2.24) is 0 Å². The van der Waals surface area contributed by atoms with Gasteiger partial charge in [-0.1, -0.05) is 0 Å². The van der Waals surface area contributed by atoms with E-state index in [0.29, 0.717) is 5.69 Å². The molecule has 0 aromatic heterocycles. The third-order valence-electron chi connectivity index (χ3n) is 3.93. The van der Waals surface area contributed by atoms with E-state index in [-0.39, 0.29) is 81.8 Å². The van der Waals surface area contributed by atoms with Crippen LogP contribution >= 0.6 is 0 Å². The van der Waals surface area contributed by atoms with Crippen LogP contribution in [0.15, 0.2) is 64.8 Å². The average molecular weight is 499 g/mol. The average Bonchev–Trinajstić information content (AvgIpc) is 2.75. The van der Waals surface area contributed by atoms with E-state index in [0.717, 1.165) is 24.3 Å². The van der Waals surface area contributed by atoms with Gasteiger partial charge in [-0.05, 0) is 54.6 Å². The van der Waals surface area contributed by atoms with E-state index in [1.54, 1.807) is 0 Å². The molecule has 170 valence electrons. The fraction of sp³-hybridized carbons (Fsp3) is 0. The Morgan fingerprint density at radius 2 is 1.03 bits per heavy atom. The zero-order valence-corrected chi connectivity index (χ0v) is 22.5. The van der Waals surface area contributed by atoms with Crippen LogP contribution in [0.25, 0.3) is 0 Å². The second-order valence-electron chi connectivity index (χ2n) is 6.26. The predicted octanol–water partition coefficient (Wildman–Crippen LogP) is -5.08. The molecule has 0 saturated heterocycles. The molecule has 0 aliphatic carbocycles. The number of nitrogen functional groups attached to an aromatic ring is 1. The summed E-state index contributed by atoms with van der Waals surface area (Å²) in [6.45, 7) is 0. The van der Waals surface area contributed by atoms with Crippen LogP contribution in [0.3, 0.4) is 0 Å². The molecule has 14 heteroatoms. The number of nitrogens with two attached hydrogens (primary N) is 1. The van der Waals surface area contributed by atoms with Gasteiger partial charge >= 0.3 is 65.1 Å². The van der Waals surface area contributed by atoms with Gasteiger partial charge in [0.2, 0.25) is 0 Å². The number of nitrogens with zero attached hydrogens (tertiary/aromatic N) is 2. The third kappa shape index (κ3) is 9.20. The Balaban J connectivity index is 0.000000757. The summed E-state index contributed by atoms with van der Waals surface area (Å²) in [5, 5.41) is 65.1. The number of anilines is 1. The zero-order valence-electron chi connectivity index (χ0n) is 18.5. The van der Waals surface area contributed by atoms with Gasteiger partial charge in [0.15, 0.2) is 0 Å². The molecule has 3 aromatic carbocycles. The summed E-state index contributed by atoms with van der Waals surface area (Å²) in [6.07, 6.45) is 0. The SMILES string of the molecule is Nc1ccc(O)c(C(=O)O)c1.O=C([O-])c1cc(/N=N/c2ccc(O)c(C(=O)[O-])c2)ccc1O.[Na+].[Na+]. The molecule has 3 rings (SSSR count). The van der Waals surface area contributed by atoms with E-state index in [1.165, 1.54) is 30.3 Å². The van der Waals surface area contributed by atoms with Crippen molar-refractivity contribution in [3.8, 4) is 17.2 Å². The largest absolute Gasteiger partial charge is 1.00 e. The number of carboxylic acids is 3. The Labute approximate surface area is 242 Å². The molecule has 0 heterocycles. The normalized spacial score (nSPS) is 9.71. The summed E-state index contributed by atoms with van der Waals surface area (Å²) in [4.78, 5) is 31.9. The Morgan fingerprint density at radius 1 is 0.657 bits per heavy atom. The number of hydrogen-bond acceptors (Lipinski definition) is 11. The second kappa shape index (κ2) is 14.3. The number of carboxylic acid groups (broad SMARTS) is 3. The van der Waals surface area contributed by atoms with Gasteiger partial charge in [-0.3, -0.25) is 0 Å². The Kier molecular flexibility index (Phi) is 13.0. The third-order valence-corrected chi connectivity index (χ3v) is 3.93. The fourth-order valence-electron chi connectivity index (χ4n) is 2.34. The van der Waals surface area contributed by atoms with Crippen molar-refractivity contribution in [2.24, 2.45) is 10.2 Å². The molecule has 12 nitrogen and oxygen atoms in total. The fourth-order valence-corrected chi connectivity index (χ4v) is 2.34. The quantitative estimate of drug-likeness (QED) is 0.0970. The predicted molar refractivity (Wildman–Crippen MR) is 109 cm³/mol. The number of carbonyl (C=O) groups is 3. The van der Waals surface area contributed by atoms with E-state index >= 15 is 0 Å². The van der Waals surface area contributed by atoms with Crippen LogP contribution in [0.5, 0.6) is 17.2 Å². The molecule has 0 saturated carbocycles. The van der Waals surface area contributed by atoms with Crippen molar-refractivity contribution in [3.63, 3.8) is 0 Å². The zero-order chi connectivity index (χ0) is 24.7. The molecule has 3 aromatic rings. The van der Waals surface area contributed by atoms with Gasteiger partial charge in [0, 0.05) is 16.8 Å². The first kappa shape index (κ1) is 31.9. The number of aromatic hydroxyl groups is 3. The van der Waals surface area contributed by atoms with E-state index in [1.807, 2.05) is 0 Å². The molecule has 0 bridgehead atoms. The molecule has 0 amide bonds. The van der Waals surface area contributed by atoms with Crippen LogP contribution in [0.1, 0.15) is 31.1 Å². The monoisotopic (exact) mass is 499 g/mol. The molecule has 0 fully saturated rings. The van der Waals surface area contributed by atoms with Gasteiger partial charge in [0.05, 0.1) is 23.3 Å². The maximum Gasteiger partial charge on any atom is 1.00 e. The first-order chi connectivity index (χ1) is 15.5. The Hall–Kier alpha value is -3.13. The maximum absolute atomic E-state index is 10.8. The van der Waals surface area contributed by atoms with Crippen molar-refractivity contribution < 1.29 is 104 Å². The first-order valence-electron chi connectivity index (χ1n) is 8.82. The minimum atomic E-state index is -1.57. The molecule has 6 N–H and O–H groups in total. The van der Waals surface area contributed by atoms with Gasteiger partial charge in [-0.25, -0.2) is 4.79 Å². The topological polar surface area (TPSA) is 229 Å². The van der Waals surface area contributed by atoms with Crippen molar-refractivity contribution in [1.29, 1.82) is 0 Å². The number of hydrogen-bond donors (Lipinski definition) is 5. The van der Waals surface area contributed by atoms with E-state index in [2.05, 4.69) is 10.2 Å². The maximum atomic E-state index is 10.8. The summed E-state index contributed by atoms with van der Waals surface area (Å²) in [5.74, 6) is -5.54. The van der Waals surface area contributed by atoms with E-state index in [4.69, 9.17) is 15.9 Å². The van der Waals surface area contributed by atoms with Crippen LogP contribution in [0.2, 0.25) is 0 Å². The van der Waals surface area contributed by atoms with E-state index in [9.17, 15) is 34.8 Å². The van der Waals surface area contributed by atoms with Gasteiger partial charge in [-0.15, -0.1) is 0 Å². The summed E-state index contributed by atoms with van der Waals surface area (Å²) < 4.78 is 0. The number of azo groups is 1. The number of aromatic carboxylic acids is 3. The second-order valence-corrected chi connectivity index (χ2v) is 6.26. The number of benzene rings is 3. The number of phenols is 3. The molecule has 35 heavy (non-hydrogen) atoms. The Morgan fingerprint density at radius 3 is 1.37 bits per heavy atom. The van der Waals surface area contributed by atoms with E-state index < -0.39 is 40.5 Å². The molecular formula is C21H15N3Na2O9. The minimum absolute atomic E-state index is 0. The van der Waals surface area contributed by atoms with Crippen LogP contribution < -0.4 is 75.1 Å². The summed E-state index contributed by atoms with van der Waals surface area (Å²) in [7, 11) is 0. The first-order valence-corrected chi connectivity index (χ1v) is 8.82. The van der Waals surface area contributed by atoms with Gasteiger partial charge in [0.25, 0.3) is 0 Å². The molecular weight excluding hydrogens is 484 g/mol. The van der Waals surface area contributed by atoms with Gasteiger partial charge in [-0.2, -0.15) is 10.2 Å². The Bertz CT molecular complexity index is 1200. The van der Waals surface area contributed by atoms with Gasteiger partial charge < -0.3 is 46.0 Å². The number of rotatable bonds is 5. The van der Waals surface area contributed by atoms with Crippen LogP contribution in [0, 0.1) is 0 Å². The van der Waals surface area contributed by atoms with Gasteiger partial charge in [0.1, 0.15) is 22.8 Å². The van der Waals surface area contributed by atoms with Crippen LogP contribution in [0.4, 0.5) is 17.1 Å². The smallest absolute Gasteiger partial charge is 0.545 e. The van der Waals surface area contributed by atoms with Crippen molar-refractivity contribution in [3.05, 3.63) is 71.3 Å². The summed E-state index contributed by atoms with van der Waals surface area (Å²) >= 11 is 0.